The molecule has 0 fully saturated rings. The fraction of sp³-hybridized carbons (Fsp3) is 0.167. The molecule has 0 amide bonds. The monoisotopic (exact) mass is 166 g/mol. The molecule has 11 heavy (non-hydrogen) atoms. The molecule has 5 heteroatoms. The van der Waals surface area contributed by atoms with E-state index in [1.54, 1.807) is 12.4 Å². The van der Waals surface area contributed by atoms with Gasteiger partial charge in [-0.3, -0.25) is 0 Å². The minimum atomic E-state index is 0.788. The molecule has 1 N–H and O–H groups in total. The minimum Gasteiger partial charge on any atom is -0.343 e. The molecule has 2 rings (SSSR count). The Balaban J connectivity index is 2.45. The van der Waals surface area contributed by atoms with Crippen molar-refractivity contribution in [2.24, 2.45) is 0 Å². The van der Waals surface area contributed by atoms with Gasteiger partial charge in [0.05, 0.1) is 0 Å². The van der Waals surface area contributed by atoms with Crippen LogP contribution in [0.1, 0.15) is 5.82 Å². The zero-order valence-electron chi connectivity index (χ0n) is 5.90. The number of rotatable bonds is 1. The first-order valence-corrected chi connectivity index (χ1v) is 3.93. The maximum atomic E-state index is 4.17. The fourth-order valence-corrected chi connectivity index (χ4v) is 1.41. The van der Waals surface area contributed by atoms with E-state index in [2.05, 4.69) is 19.3 Å². The van der Waals surface area contributed by atoms with Crippen LogP contribution in [0, 0.1) is 6.92 Å². The van der Waals surface area contributed by atoms with Crippen molar-refractivity contribution in [2.75, 3.05) is 0 Å². The summed E-state index contributed by atoms with van der Waals surface area (Å²) in [4.78, 5) is 11.2. The van der Waals surface area contributed by atoms with E-state index in [-0.39, 0.29) is 0 Å². The SMILES string of the molecule is Cc1nsc(-c2ncc[nH]2)n1. The number of hydrogen-bond acceptors (Lipinski definition) is 4. The second-order valence-corrected chi connectivity index (χ2v) is 2.84. The summed E-state index contributed by atoms with van der Waals surface area (Å²) in [5.74, 6) is 1.58. The van der Waals surface area contributed by atoms with Crippen LogP contribution < -0.4 is 0 Å². The third-order valence-electron chi connectivity index (χ3n) is 1.23. The molecule has 4 nitrogen and oxygen atoms in total. The van der Waals surface area contributed by atoms with Crippen molar-refractivity contribution in [2.45, 2.75) is 6.92 Å². The van der Waals surface area contributed by atoms with Crippen molar-refractivity contribution in [3.8, 4) is 10.8 Å². The number of H-pyrrole nitrogens is 1. The number of nitrogens with zero attached hydrogens (tertiary/aromatic N) is 3. The molecule has 0 bridgehead atoms. The zero-order valence-corrected chi connectivity index (χ0v) is 6.72. The fourth-order valence-electron chi connectivity index (χ4n) is 0.775. The van der Waals surface area contributed by atoms with Gasteiger partial charge in [0.25, 0.3) is 0 Å². The molecule has 0 atom stereocenters. The summed E-state index contributed by atoms with van der Waals surface area (Å²) < 4.78 is 4.04. The lowest BCUT2D eigenvalue weighted by Gasteiger charge is -1.82. The van der Waals surface area contributed by atoms with Gasteiger partial charge in [0, 0.05) is 12.4 Å². The molecular weight excluding hydrogens is 160 g/mol. The average Bonchev–Trinajstić information content (AvgIpc) is 2.55. The Morgan fingerprint density at radius 1 is 1.55 bits per heavy atom. The predicted octanol–water partition coefficient (Wildman–Crippen LogP) is 1.24. The van der Waals surface area contributed by atoms with E-state index >= 15 is 0 Å². The number of aromatic nitrogens is 4. The topological polar surface area (TPSA) is 54.5 Å². The van der Waals surface area contributed by atoms with Crippen LogP contribution in [0.25, 0.3) is 10.8 Å². The summed E-state index contributed by atoms with van der Waals surface area (Å²) in [6.45, 7) is 1.86. The smallest absolute Gasteiger partial charge is 0.179 e. The lowest BCUT2D eigenvalue weighted by Crippen LogP contribution is -1.78. The molecule has 0 unspecified atom stereocenters. The van der Waals surface area contributed by atoms with Crippen molar-refractivity contribution in [3.05, 3.63) is 18.2 Å². The molecular formula is C6H6N4S. The Morgan fingerprint density at radius 3 is 3.00 bits per heavy atom. The summed E-state index contributed by atoms with van der Waals surface area (Å²) in [7, 11) is 0. The van der Waals surface area contributed by atoms with Gasteiger partial charge in [-0.1, -0.05) is 0 Å². The molecule has 2 aromatic heterocycles. The second kappa shape index (κ2) is 2.43. The largest absolute Gasteiger partial charge is 0.343 e. The van der Waals surface area contributed by atoms with E-state index in [1.807, 2.05) is 6.92 Å². The Kier molecular flexibility index (Phi) is 1.43. The van der Waals surface area contributed by atoms with Crippen LogP contribution in [0.4, 0.5) is 0 Å². The molecule has 2 heterocycles. The normalized spacial score (nSPS) is 10.3. The summed E-state index contributed by atoms with van der Waals surface area (Å²) in [6, 6.07) is 0. The van der Waals surface area contributed by atoms with Crippen LogP contribution in [-0.4, -0.2) is 19.3 Å². The summed E-state index contributed by atoms with van der Waals surface area (Å²) in [5, 5.41) is 0.840. The van der Waals surface area contributed by atoms with E-state index in [0.29, 0.717) is 0 Å². The highest BCUT2D eigenvalue weighted by Gasteiger charge is 2.03. The molecule has 0 aromatic carbocycles. The van der Waals surface area contributed by atoms with Crippen molar-refractivity contribution in [3.63, 3.8) is 0 Å². The number of hydrogen-bond donors (Lipinski definition) is 1. The molecule has 56 valence electrons. The van der Waals surface area contributed by atoms with Gasteiger partial charge in [0.1, 0.15) is 5.82 Å². The zero-order chi connectivity index (χ0) is 7.68. The van der Waals surface area contributed by atoms with E-state index in [9.17, 15) is 0 Å². The Labute approximate surface area is 67.5 Å². The highest BCUT2D eigenvalue weighted by atomic mass is 32.1. The summed E-state index contributed by atoms with van der Waals surface area (Å²) in [5.41, 5.74) is 0. The van der Waals surface area contributed by atoms with Crippen LogP contribution >= 0.6 is 11.5 Å². The summed E-state index contributed by atoms with van der Waals surface area (Å²) >= 11 is 1.35. The molecule has 2 aromatic rings. The number of aryl methyl sites for hydroxylation is 1. The molecule has 0 aliphatic carbocycles. The van der Waals surface area contributed by atoms with Crippen molar-refractivity contribution in [1.29, 1.82) is 0 Å². The molecule has 0 saturated heterocycles. The van der Waals surface area contributed by atoms with E-state index in [1.165, 1.54) is 11.5 Å². The number of nitrogens with one attached hydrogen (secondary N) is 1. The maximum absolute atomic E-state index is 4.17. The first-order valence-electron chi connectivity index (χ1n) is 3.16. The van der Waals surface area contributed by atoms with E-state index in [4.69, 9.17) is 0 Å². The Bertz CT molecular complexity index is 337. The van der Waals surface area contributed by atoms with Crippen LogP contribution in [0.5, 0.6) is 0 Å². The Morgan fingerprint density at radius 2 is 2.45 bits per heavy atom. The molecule has 0 aliphatic heterocycles. The van der Waals surface area contributed by atoms with Gasteiger partial charge in [-0.05, 0) is 18.5 Å². The van der Waals surface area contributed by atoms with Crippen LogP contribution in [0.15, 0.2) is 12.4 Å². The average molecular weight is 166 g/mol. The molecule has 0 aliphatic rings. The van der Waals surface area contributed by atoms with Gasteiger partial charge in [-0.15, -0.1) is 0 Å². The van der Waals surface area contributed by atoms with Gasteiger partial charge >= 0.3 is 0 Å². The molecule has 0 saturated carbocycles. The lowest BCUT2D eigenvalue weighted by molar-refractivity contribution is 1.15. The maximum Gasteiger partial charge on any atom is 0.179 e. The van der Waals surface area contributed by atoms with Crippen molar-refractivity contribution < 1.29 is 0 Å². The first kappa shape index (κ1) is 6.48. The number of imidazole rings is 1. The molecule has 0 spiro atoms. The third kappa shape index (κ3) is 1.14. The second-order valence-electron chi connectivity index (χ2n) is 2.08. The quantitative estimate of drug-likeness (QED) is 0.693. The molecule has 0 radical (unpaired) electrons. The van der Waals surface area contributed by atoms with Gasteiger partial charge in [0.2, 0.25) is 0 Å². The minimum absolute atomic E-state index is 0.788. The van der Waals surface area contributed by atoms with Crippen LogP contribution in [-0.2, 0) is 0 Å². The third-order valence-corrected chi connectivity index (χ3v) is 2.04. The van der Waals surface area contributed by atoms with Gasteiger partial charge in [0.15, 0.2) is 10.8 Å². The van der Waals surface area contributed by atoms with E-state index in [0.717, 1.165) is 16.7 Å². The van der Waals surface area contributed by atoms with Gasteiger partial charge < -0.3 is 4.98 Å². The van der Waals surface area contributed by atoms with Gasteiger partial charge in [-0.2, -0.15) is 4.37 Å². The first-order chi connectivity index (χ1) is 5.36. The van der Waals surface area contributed by atoms with Crippen molar-refractivity contribution >= 4 is 11.5 Å². The van der Waals surface area contributed by atoms with E-state index < -0.39 is 0 Å². The summed E-state index contributed by atoms with van der Waals surface area (Å²) in [6.07, 6.45) is 3.47. The standard InChI is InChI=1S/C6H6N4S/c1-4-9-6(11-10-4)5-7-2-3-8-5/h2-3H,1H3,(H,7,8). The number of aromatic amines is 1. The highest BCUT2D eigenvalue weighted by Crippen LogP contribution is 2.15. The highest BCUT2D eigenvalue weighted by molar-refractivity contribution is 7.09. The van der Waals surface area contributed by atoms with Crippen molar-refractivity contribution in [1.82, 2.24) is 19.3 Å². The lowest BCUT2D eigenvalue weighted by atomic mass is 10.6. The Hall–Kier alpha value is -1.23. The van der Waals surface area contributed by atoms with Crippen LogP contribution in [0.3, 0.4) is 0 Å². The van der Waals surface area contributed by atoms with Gasteiger partial charge in [-0.25, -0.2) is 9.97 Å². The predicted molar refractivity (Wildman–Crippen MR) is 42.2 cm³/mol. The van der Waals surface area contributed by atoms with Crippen LogP contribution in [0.2, 0.25) is 0 Å².